The van der Waals surface area contributed by atoms with Crippen LogP contribution in [0.4, 0.5) is 0 Å². The van der Waals surface area contributed by atoms with Gasteiger partial charge in [-0.3, -0.25) is 4.79 Å². The Morgan fingerprint density at radius 3 is 2.95 bits per heavy atom. The maximum Gasteiger partial charge on any atom is 0.292 e. The van der Waals surface area contributed by atoms with Crippen LogP contribution in [0.3, 0.4) is 0 Å². The Morgan fingerprint density at radius 2 is 2.42 bits per heavy atom. The van der Waals surface area contributed by atoms with Crippen LogP contribution in [0.15, 0.2) is 10.7 Å². The Balaban J connectivity index is 2.07. The summed E-state index contributed by atoms with van der Waals surface area (Å²) in [6.07, 6.45) is 3.96. The second kappa shape index (κ2) is 6.19. The number of hydrogen-bond donors (Lipinski definition) is 1. The fourth-order valence-electron chi connectivity index (χ4n) is 2.51. The van der Waals surface area contributed by atoms with Gasteiger partial charge in [-0.2, -0.15) is 0 Å². The van der Waals surface area contributed by atoms with E-state index in [1.165, 1.54) is 12.8 Å². The normalized spacial score (nSPS) is 19.7. The fraction of sp³-hybridized carbons (Fsp3) is 0.714. The molecule has 1 amide bonds. The molecule has 5 nitrogen and oxygen atoms in total. The number of piperidine rings is 1. The summed E-state index contributed by atoms with van der Waals surface area (Å²) >= 11 is 0. The lowest BCUT2D eigenvalue weighted by Crippen LogP contribution is -2.44. The summed E-state index contributed by atoms with van der Waals surface area (Å²) in [6, 6.07) is 0.166. The average Bonchev–Trinajstić information content (AvgIpc) is 2.82. The molecular weight excluding hydrogens is 242 g/mol. The standard InChI is InChI=1S/C14H23N3O2/c1-10(2)17(9-12-5-4-6-15-8-12)14(18)13-11(3)7-16-19-13/h7,10,12,15H,4-6,8-9H2,1-3H3. The van der Waals surface area contributed by atoms with Gasteiger partial charge >= 0.3 is 0 Å². The van der Waals surface area contributed by atoms with Gasteiger partial charge in [0.15, 0.2) is 0 Å². The molecule has 0 saturated carbocycles. The van der Waals surface area contributed by atoms with Crippen LogP contribution in [0, 0.1) is 12.8 Å². The van der Waals surface area contributed by atoms with Gasteiger partial charge in [0.05, 0.1) is 6.20 Å². The van der Waals surface area contributed by atoms with Crippen LogP contribution in [0.25, 0.3) is 0 Å². The lowest BCUT2D eigenvalue weighted by Gasteiger charge is -2.32. The monoisotopic (exact) mass is 265 g/mol. The molecule has 2 heterocycles. The summed E-state index contributed by atoms with van der Waals surface area (Å²) in [4.78, 5) is 14.4. The fourth-order valence-corrected chi connectivity index (χ4v) is 2.51. The van der Waals surface area contributed by atoms with E-state index in [-0.39, 0.29) is 11.9 Å². The van der Waals surface area contributed by atoms with E-state index in [9.17, 15) is 4.79 Å². The van der Waals surface area contributed by atoms with E-state index in [0.717, 1.165) is 25.2 Å². The molecule has 106 valence electrons. The van der Waals surface area contributed by atoms with Crippen molar-refractivity contribution >= 4 is 5.91 Å². The van der Waals surface area contributed by atoms with E-state index >= 15 is 0 Å². The third kappa shape index (κ3) is 3.35. The molecule has 1 aliphatic heterocycles. The maximum atomic E-state index is 12.5. The van der Waals surface area contributed by atoms with E-state index < -0.39 is 0 Å². The highest BCUT2D eigenvalue weighted by molar-refractivity contribution is 5.92. The largest absolute Gasteiger partial charge is 0.351 e. The molecule has 1 atom stereocenters. The van der Waals surface area contributed by atoms with Gasteiger partial charge in [-0.15, -0.1) is 0 Å². The van der Waals surface area contributed by atoms with Crippen molar-refractivity contribution < 1.29 is 9.32 Å². The van der Waals surface area contributed by atoms with Crippen molar-refractivity contribution in [2.24, 2.45) is 5.92 Å². The first-order chi connectivity index (χ1) is 9.09. The minimum Gasteiger partial charge on any atom is -0.351 e. The molecule has 1 aromatic heterocycles. The van der Waals surface area contributed by atoms with Crippen molar-refractivity contribution in [3.8, 4) is 0 Å². The van der Waals surface area contributed by atoms with Crippen LogP contribution in [-0.4, -0.2) is 41.6 Å². The molecule has 5 heteroatoms. The molecule has 1 N–H and O–H groups in total. The number of aromatic nitrogens is 1. The third-order valence-electron chi connectivity index (χ3n) is 3.68. The van der Waals surface area contributed by atoms with Crippen LogP contribution in [-0.2, 0) is 0 Å². The number of nitrogens with zero attached hydrogens (tertiary/aromatic N) is 2. The smallest absolute Gasteiger partial charge is 0.292 e. The van der Waals surface area contributed by atoms with E-state index in [0.29, 0.717) is 11.7 Å². The van der Waals surface area contributed by atoms with Crippen molar-refractivity contribution in [2.45, 2.75) is 39.7 Å². The zero-order valence-corrected chi connectivity index (χ0v) is 12.0. The minimum atomic E-state index is -0.0458. The molecule has 1 aromatic rings. The van der Waals surface area contributed by atoms with Crippen molar-refractivity contribution in [2.75, 3.05) is 19.6 Å². The van der Waals surface area contributed by atoms with Gasteiger partial charge in [-0.05, 0) is 52.6 Å². The van der Waals surface area contributed by atoms with Gasteiger partial charge in [-0.25, -0.2) is 0 Å². The third-order valence-corrected chi connectivity index (χ3v) is 3.68. The van der Waals surface area contributed by atoms with Gasteiger partial charge < -0.3 is 14.7 Å². The van der Waals surface area contributed by atoms with Gasteiger partial charge in [0.1, 0.15) is 0 Å². The summed E-state index contributed by atoms with van der Waals surface area (Å²) in [5.74, 6) is 0.858. The SMILES string of the molecule is Cc1cnoc1C(=O)N(CC1CCCNC1)C(C)C. The Labute approximate surface area is 114 Å². The van der Waals surface area contributed by atoms with Crippen molar-refractivity contribution in [1.82, 2.24) is 15.4 Å². The Kier molecular flexibility index (Phi) is 4.58. The molecule has 0 bridgehead atoms. The van der Waals surface area contributed by atoms with E-state index in [1.54, 1.807) is 6.20 Å². The Morgan fingerprint density at radius 1 is 1.63 bits per heavy atom. The summed E-state index contributed by atoms with van der Waals surface area (Å²) in [7, 11) is 0. The first-order valence-corrected chi connectivity index (χ1v) is 7.02. The van der Waals surface area contributed by atoms with Crippen LogP contribution >= 0.6 is 0 Å². The number of rotatable bonds is 4. The predicted molar refractivity (Wildman–Crippen MR) is 73.0 cm³/mol. The minimum absolute atomic E-state index is 0.0458. The van der Waals surface area contributed by atoms with E-state index in [1.807, 2.05) is 25.7 Å². The van der Waals surface area contributed by atoms with Crippen LogP contribution in [0.5, 0.6) is 0 Å². The number of carbonyl (C=O) groups excluding carboxylic acids is 1. The Hall–Kier alpha value is -1.36. The van der Waals surface area contributed by atoms with Crippen molar-refractivity contribution in [1.29, 1.82) is 0 Å². The van der Waals surface area contributed by atoms with Crippen LogP contribution in [0.1, 0.15) is 42.8 Å². The lowest BCUT2D eigenvalue weighted by atomic mass is 9.98. The average molecular weight is 265 g/mol. The van der Waals surface area contributed by atoms with Crippen LogP contribution in [0.2, 0.25) is 0 Å². The molecular formula is C14H23N3O2. The maximum absolute atomic E-state index is 12.5. The second-order valence-corrected chi connectivity index (χ2v) is 5.60. The molecule has 0 aromatic carbocycles. The number of aryl methyl sites for hydroxylation is 1. The first-order valence-electron chi connectivity index (χ1n) is 7.02. The van der Waals surface area contributed by atoms with Crippen molar-refractivity contribution in [3.05, 3.63) is 17.5 Å². The van der Waals surface area contributed by atoms with Gasteiger partial charge in [0.25, 0.3) is 5.91 Å². The van der Waals surface area contributed by atoms with Gasteiger partial charge in [0.2, 0.25) is 5.76 Å². The molecule has 1 unspecified atom stereocenters. The van der Waals surface area contributed by atoms with Crippen LogP contribution < -0.4 is 5.32 Å². The Bertz CT molecular complexity index is 422. The van der Waals surface area contributed by atoms with Gasteiger partial charge in [-0.1, -0.05) is 5.16 Å². The second-order valence-electron chi connectivity index (χ2n) is 5.60. The number of amides is 1. The quantitative estimate of drug-likeness (QED) is 0.902. The molecule has 2 rings (SSSR count). The highest BCUT2D eigenvalue weighted by atomic mass is 16.5. The summed E-state index contributed by atoms with van der Waals surface area (Å²) in [5, 5.41) is 7.09. The van der Waals surface area contributed by atoms with E-state index in [4.69, 9.17) is 4.52 Å². The lowest BCUT2D eigenvalue weighted by molar-refractivity contribution is 0.0617. The predicted octanol–water partition coefficient (Wildman–Crippen LogP) is 1.83. The number of nitrogens with one attached hydrogen (secondary N) is 1. The molecule has 1 saturated heterocycles. The topological polar surface area (TPSA) is 58.4 Å². The molecule has 19 heavy (non-hydrogen) atoms. The summed E-state index contributed by atoms with van der Waals surface area (Å²) in [5.41, 5.74) is 0.803. The molecule has 0 radical (unpaired) electrons. The zero-order chi connectivity index (χ0) is 13.8. The first kappa shape index (κ1) is 14.1. The number of hydrogen-bond acceptors (Lipinski definition) is 4. The van der Waals surface area contributed by atoms with Gasteiger partial charge in [0, 0.05) is 18.2 Å². The summed E-state index contributed by atoms with van der Waals surface area (Å²) < 4.78 is 5.09. The molecule has 0 spiro atoms. The molecule has 1 aliphatic rings. The van der Waals surface area contributed by atoms with E-state index in [2.05, 4.69) is 10.5 Å². The number of carbonyl (C=O) groups is 1. The highest BCUT2D eigenvalue weighted by Gasteiger charge is 2.27. The zero-order valence-electron chi connectivity index (χ0n) is 12.0. The molecule has 1 fully saturated rings. The molecule has 0 aliphatic carbocycles. The van der Waals surface area contributed by atoms with Crippen molar-refractivity contribution in [3.63, 3.8) is 0 Å². The summed E-state index contributed by atoms with van der Waals surface area (Å²) in [6.45, 7) is 8.80. The highest BCUT2D eigenvalue weighted by Crippen LogP contribution is 2.17.